The molecule has 2 aliphatic rings. The molecule has 28 heavy (non-hydrogen) atoms. The molecule has 0 spiro atoms. The van der Waals surface area contributed by atoms with Gasteiger partial charge in [0.2, 0.25) is 0 Å². The van der Waals surface area contributed by atoms with Crippen molar-refractivity contribution in [2.24, 2.45) is 23.2 Å². The fourth-order valence-corrected chi connectivity index (χ4v) is 7.31. The number of alkyl halides is 2. The number of halogens is 2. The molecule has 2 rings (SSSR count). The van der Waals surface area contributed by atoms with E-state index in [0.717, 1.165) is 32.1 Å². The van der Waals surface area contributed by atoms with E-state index in [0.29, 0.717) is 23.5 Å². The van der Waals surface area contributed by atoms with Crippen LogP contribution in [0.2, 0.25) is 18.1 Å². The second-order valence-electron chi connectivity index (χ2n) is 11.8. The molecule has 2 aliphatic carbocycles. The Hall–Kier alpha value is -0.223. The Bertz CT molecular complexity index is 565. The van der Waals surface area contributed by atoms with Gasteiger partial charge in [-0.1, -0.05) is 53.2 Å². The molecule has 164 valence electrons. The van der Waals surface area contributed by atoms with E-state index in [1.807, 2.05) is 0 Å². The highest BCUT2D eigenvalue weighted by Crippen LogP contribution is 2.60. The molecule has 2 fully saturated rings. The van der Waals surface area contributed by atoms with Gasteiger partial charge < -0.3 is 4.43 Å². The summed E-state index contributed by atoms with van der Waals surface area (Å²) in [5.41, 5.74) is 0.720. The van der Waals surface area contributed by atoms with E-state index in [2.05, 4.69) is 54.3 Å². The van der Waals surface area contributed by atoms with E-state index in [-0.39, 0.29) is 29.2 Å². The van der Waals surface area contributed by atoms with Crippen LogP contribution in [0.1, 0.15) is 86.5 Å². The first kappa shape index (κ1) is 24.1. The van der Waals surface area contributed by atoms with Crippen molar-refractivity contribution in [3.8, 4) is 0 Å². The van der Waals surface area contributed by atoms with Crippen molar-refractivity contribution in [2.45, 2.75) is 117 Å². The minimum Gasteiger partial charge on any atom is -0.414 e. The monoisotopic (exact) mass is 414 g/mol. The summed E-state index contributed by atoms with van der Waals surface area (Å²) in [7, 11) is -1.82. The minimum atomic E-state index is -2.63. The molecule has 0 saturated heterocycles. The highest BCUT2D eigenvalue weighted by Gasteiger charge is 2.55. The average molecular weight is 415 g/mol. The topological polar surface area (TPSA) is 9.23 Å². The quantitative estimate of drug-likeness (QED) is 0.301. The lowest BCUT2D eigenvalue weighted by atomic mass is 9.61. The Morgan fingerprint density at radius 1 is 1.21 bits per heavy atom. The number of allylic oxidation sites excluding steroid dienone is 1. The van der Waals surface area contributed by atoms with E-state index in [4.69, 9.17) is 4.43 Å². The molecule has 0 radical (unpaired) electrons. The highest BCUT2D eigenvalue weighted by molar-refractivity contribution is 6.74. The van der Waals surface area contributed by atoms with Crippen LogP contribution in [0, 0.1) is 23.2 Å². The maximum atomic E-state index is 14.5. The molecule has 5 atom stereocenters. The van der Waals surface area contributed by atoms with Crippen LogP contribution < -0.4 is 0 Å². The predicted octanol–water partition coefficient (Wildman–Crippen LogP) is 8.22. The molecule has 1 nitrogen and oxygen atoms in total. The molecular formula is C24H44F2OSi. The van der Waals surface area contributed by atoms with Crippen LogP contribution in [-0.4, -0.2) is 20.3 Å². The Morgan fingerprint density at radius 3 is 2.36 bits per heavy atom. The van der Waals surface area contributed by atoms with Gasteiger partial charge >= 0.3 is 0 Å². The smallest absolute Gasteiger partial charge is 0.252 e. The predicted molar refractivity (Wildman–Crippen MR) is 118 cm³/mol. The van der Waals surface area contributed by atoms with E-state index in [9.17, 15) is 8.78 Å². The van der Waals surface area contributed by atoms with Gasteiger partial charge in [-0.15, -0.1) is 0 Å². The third-order valence-electron chi connectivity index (χ3n) is 8.26. The SMILES string of the molecule is C=C(C)CC(F)(F)C[C@@H](C)[C@H]1CC[C@H]2[C@@H](O[Si](C)(C)C(C)(C)C)CCC[C@]12C. The van der Waals surface area contributed by atoms with Crippen LogP contribution in [0.25, 0.3) is 0 Å². The van der Waals surface area contributed by atoms with E-state index in [1.165, 1.54) is 0 Å². The number of fused-ring (bicyclic) bond motifs is 1. The average Bonchev–Trinajstić information content (AvgIpc) is 2.81. The Labute approximate surface area is 173 Å². The van der Waals surface area contributed by atoms with Crippen LogP contribution in [0.5, 0.6) is 0 Å². The third kappa shape index (κ3) is 5.09. The summed E-state index contributed by atoms with van der Waals surface area (Å²) in [6.45, 7) is 21.4. The molecule has 0 heterocycles. The van der Waals surface area contributed by atoms with Crippen molar-refractivity contribution < 1.29 is 13.2 Å². The molecule has 0 bridgehead atoms. The van der Waals surface area contributed by atoms with E-state index >= 15 is 0 Å². The second-order valence-corrected chi connectivity index (χ2v) is 16.5. The summed E-state index contributed by atoms with van der Waals surface area (Å²) in [6.07, 6.45) is 5.79. The number of hydrogen-bond donors (Lipinski definition) is 0. The zero-order chi connectivity index (χ0) is 21.5. The first-order chi connectivity index (χ1) is 12.6. The zero-order valence-electron chi connectivity index (χ0n) is 19.6. The molecule has 0 aromatic heterocycles. The summed E-state index contributed by atoms with van der Waals surface area (Å²) in [5, 5.41) is 0.205. The highest BCUT2D eigenvalue weighted by atomic mass is 28.4. The maximum absolute atomic E-state index is 14.5. The van der Waals surface area contributed by atoms with Gasteiger partial charge in [0.05, 0.1) is 0 Å². The molecule has 0 aromatic carbocycles. The number of hydrogen-bond acceptors (Lipinski definition) is 1. The Morgan fingerprint density at radius 2 is 1.82 bits per heavy atom. The summed E-state index contributed by atoms with van der Waals surface area (Å²) in [4.78, 5) is 0. The van der Waals surface area contributed by atoms with Crippen molar-refractivity contribution in [3.05, 3.63) is 12.2 Å². The van der Waals surface area contributed by atoms with Gasteiger partial charge in [0.25, 0.3) is 5.92 Å². The fraction of sp³-hybridized carbons (Fsp3) is 0.917. The molecule has 0 N–H and O–H groups in total. The van der Waals surface area contributed by atoms with Crippen molar-refractivity contribution in [1.82, 2.24) is 0 Å². The molecular weight excluding hydrogens is 370 g/mol. The lowest BCUT2D eigenvalue weighted by Gasteiger charge is -2.50. The van der Waals surface area contributed by atoms with Crippen LogP contribution >= 0.6 is 0 Å². The summed E-state index contributed by atoms with van der Waals surface area (Å²) < 4.78 is 35.8. The molecule has 4 heteroatoms. The largest absolute Gasteiger partial charge is 0.414 e. The first-order valence-electron chi connectivity index (χ1n) is 11.3. The summed E-state index contributed by atoms with van der Waals surface area (Å²) in [5.74, 6) is -1.70. The standard InChI is InChI=1S/C24H44F2OSi/c1-17(2)15-24(25,26)16-18(3)19-12-13-20-21(11-10-14-23(19,20)7)27-28(8,9)22(4,5)6/h18-21H,1,10-16H2,2-9H3/t18-,19-,20+,21+,23-/m1/s1. The van der Waals surface area contributed by atoms with Crippen LogP contribution in [0.4, 0.5) is 8.78 Å². The van der Waals surface area contributed by atoms with Gasteiger partial charge in [0.1, 0.15) is 0 Å². The Kier molecular flexibility index (Phi) is 6.98. The zero-order valence-corrected chi connectivity index (χ0v) is 20.6. The maximum Gasteiger partial charge on any atom is 0.252 e. The molecule has 0 aliphatic heterocycles. The van der Waals surface area contributed by atoms with Gasteiger partial charge in [0.15, 0.2) is 8.32 Å². The fourth-order valence-electron chi connectivity index (χ4n) is 5.92. The van der Waals surface area contributed by atoms with Crippen LogP contribution in [0.15, 0.2) is 12.2 Å². The minimum absolute atomic E-state index is 0.0133. The lowest BCUT2D eigenvalue weighted by Crippen LogP contribution is -2.50. The first-order valence-corrected chi connectivity index (χ1v) is 14.2. The third-order valence-corrected chi connectivity index (χ3v) is 12.8. The van der Waals surface area contributed by atoms with Gasteiger partial charge in [-0.3, -0.25) is 0 Å². The molecule has 0 unspecified atom stereocenters. The van der Waals surface area contributed by atoms with Crippen molar-refractivity contribution in [3.63, 3.8) is 0 Å². The van der Waals surface area contributed by atoms with E-state index < -0.39 is 14.2 Å². The normalized spacial score (nSPS) is 32.9. The summed E-state index contributed by atoms with van der Waals surface area (Å²) in [6, 6.07) is 0. The van der Waals surface area contributed by atoms with Gasteiger partial charge in [-0.25, -0.2) is 8.78 Å². The van der Waals surface area contributed by atoms with Gasteiger partial charge in [0, 0.05) is 18.9 Å². The Balaban J connectivity index is 2.14. The van der Waals surface area contributed by atoms with Gasteiger partial charge in [-0.05, 0) is 73.9 Å². The van der Waals surface area contributed by atoms with Crippen molar-refractivity contribution in [1.29, 1.82) is 0 Å². The summed E-state index contributed by atoms with van der Waals surface area (Å²) >= 11 is 0. The van der Waals surface area contributed by atoms with E-state index in [1.54, 1.807) is 6.92 Å². The van der Waals surface area contributed by atoms with Crippen molar-refractivity contribution in [2.75, 3.05) is 0 Å². The van der Waals surface area contributed by atoms with Crippen LogP contribution in [-0.2, 0) is 4.43 Å². The number of rotatable bonds is 7. The van der Waals surface area contributed by atoms with Gasteiger partial charge in [-0.2, -0.15) is 0 Å². The van der Waals surface area contributed by atoms with Crippen LogP contribution in [0.3, 0.4) is 0 Å². The molecule has 2 saturated carbocycles. The second kappa shape index (κ2) is 8.13. The van der Waals surface area contributed by atoms with Crippen molar-refractivity contribution >= 4 is 8.32 Å². The molecule has 0 amide bonds. The lowest BCUT2D eigenvalue weighted by molar-refractivity contribution is -0.0552. The molecule has 0 aromatic rings.